The first-order chi connectivity index (χ1) is 15.7. The Morgan fingerprint density at radius 1 is 1.12 bits per heavy atom. The Morgan fingerprint density at radius 3 is 2.45 bits per heavy atom. The van der Waals surface area contributed by atoms with Crippen LogP contribution in [0.4, 0.5) is 4.79 Å². The van der Waals surface area contributed by atoms with Crippen molar-refractivity contribution in [2.45, 2.75) is 32.4 Å². The number of amides is 4. The Balaban J connectivity index is 1.48. The second kappa shape index (κ2) is 8.94. The zero-order valence-corrected chi connectivity index (χ0v) is 19.4. The lowest BCUT2D eigenvalue weighted by Crippen LogP contribution is -2.44. The summed E-state index contributed by atoms with van der Waals surface area (Å²) in [6, 6.07) is 11.3. The quantitative estimate of drug-likeness (QED) is 0.629. The van der Waals surface area contributed by atoms with Gasteiger partial charge in [-0.3, -0.25) is 14.5 Å². The number of fused-ring (bicyclic) bond motifs is 1. The van der Waals surface area contributed by atoms with Gasteiger partial charge in [0.05, 0.1) is 6.04 Å². The van der Waals surface area contributed by atoms with E-state index in [9.17, 15) is 14.4 Å². The van der Waals surface area contributed by atoms with E-state index in [-0.39, 0.29) is 18.5 Å². The van der Waals surface area contributed by atoms with Crippen LogP contribution in [-0.4, -0.2) is 42.5 Å². The van der Waals surface area contributed by atoms with Crippen LogP contribution < -0.4 is 20.1 Å². The van der Waals surface area contributed by atoms with Gasteiger partial charge in [0.25, 0.3) is 5.91 Å². The van der Waals surface area contributed by atoms with Gasteiger partial charge in [-0.15, -0.1) is 0 Å². The predicted octanol–water partition coefficient (Wildman–Crippen LogP) is 3.39. The average Bonchev–Trinajstić information content (AvgIpc) is 3.01. The van der Waals surface area contributed by atoms with Crippen LogP contribution in [-0.2, 0) is 15.1 Å². The molecule has 1 saturated heterocycles. The molecule has 2 aliphatic heterocycles. The van der Waals surface area contributed by atoms with Gasteiger partial charge < -0.3 is 20.1 Å². The summed E-state index contributed by atoms with van der Waals surface area (Å²) in [5, 5.41) is 6.18. The molecule has 0 aliphatic carbocycles. The summed E-state index contributed by atoms with van der Waals surface area (Å²) in [4.78, 5) is 39.5. The summed E-state index contributed by atoms with van der Waals surface area (Å²) < 4.78 is 11.2. The molecule has 2 atom stereocenters. The molecule has 174 valence electrons. The molecule has 1 fully saturated rings. The van der Waals surface area contributed by atoms with Crippen molar-refractivity contribution in [2.24, 2.45) is 5.92 Å². The average molecular weight is 472 g/mol. The molecule has 0 saturated carbocycles. The molecule has 2 heterocycles. The number of halogens is 1. The highest BCUT2D eigenvalue weighted by molar-refractivity contribution is 6.30. The third-order valence-electron chi connectivity index (χ3n) is 5.91. The summed E-state index contributed by atoms with van der Waals surface area (Å²) in [5.74, 6) is 0.419. The van der Waals surface area contributed by atoms with Gasteiger partial charge in [-0.1, -0.05) is 43.6 Å². The van der Waals surface area contributed by atoms with Gasteiger partial charge >= 0.3 is 6.03 Å². The molecule has 0 bridgehead atoms. The zero-order chi connectivity index (χ0) is 23.8. The topological polar surface area (TPSA) is 97.0 Å². The van der Waals surface area contributed by atoms with Crippen LogP contribution >= 0.6 is 11.6 Å². The minimum Gasteiger partial charge on any atom is -0.486 e. The molecule has 0 aromatic heterocycles. The van der Waals surface area contributed by atoms with Gasteiger partial charge in [-0.25, -0.2) is 4.79 Å². The lowest BCUT2D eigenvalue weighted by Gasteiger charge is -2.26. The maximum absolute atomic E-state index is 13.1. The standard InChI is InChI=1S/C24H26ClN3O5/c1-14(2)21(15-4-9-18-19(12-15)33-11-10-32-18)26-20(29)13-28-22(30)24(3,27-23(28)31)16-5-7-17(25)8-6-16/h4-9,12,14,21H,10-11,13H2,1-3H3,(H,26,29)(H,27,31)/t21-,24-/m0/s1. The second-order valence-corrected chi connectivity index (χ2v) is 9.08. The summed E-state index contributed by atoms with van der Waals surface area (Å²) in [7, 11) is 0. The number of imide groups is 1. The van der Waals surface area contributed by atoms with Crippen LogP contribution in [0.3, 0.4) is 0 Å². The fourth-order valence-corrected chi connectivity index (χ4v) is 4.20. The SMILES string of the molecule is CC(C)[C@H](NC(=O)CN1C(=O)N[C@@](C)(c2ccc(Cl)cc2)C1=O)c1ccc2c(c1)OCCO2. The lowest BCUT2D eigenvalue weighted by molar-refractivity contribution is -0.135. The normalized spacial score (nSPS) is 20.6. The fraction of sp³-hybridized carbons (Fsp3) is 0.375. The molecule has 0 unspecified atom stereocenters. The Bertz CT molecular complexity index is 1090. The highest BCUT2D eigenvalue weighted by Crippen LogP contribution is 2.34. The number of carbonyl (C=O) groups excluding carboxylic acids is 3. The van der Waals surface area contributed by atoms with E-state index in [1.807, 2.05) is 32.0 Å². The van der Waals surface area contributed by atoms with Crippen LogP contribution in [0.25, 0.3) is 0 Å². The van der Waals surface area contributed by atoms with Crippen molar-refractivity contribution >= 4 is 29.4 Å². The third kappa shape index (κ3) is 4.48. The van der Waals surface area contributed by atoms with Crippen molar-refractivity contribution in [1.82, 2.24) is 15.5 Å². The molecule has 8 nitrogen and oxygen atoms in total. The Morgan fingerprint density at radius 2 is 1.79 bits per heavy atom. The van der Waals surface area contributed by atoms with Gasteiger partial charge in [0.2, 0.25) is 5.91 Å². The Labute approximate surface area is 197 Å². The summed E-state index contributed by atoms with van der Waals surface area (Å²) >= 11 is 5.94. The molecule has 2 aromatic rings. The maximum Gasteiger partial charge on any atom is 0.325 e. The molecular weight excluding hydrogens is 446 g/mol. The number of hydrogen-bond donors (Lipinski definition) is 2. The minimum atomic E-state index is -1.27. The molecule has 33 heavy (non-hydrogen) atoms. The number of ether oxygens (including phenoxy) is 2. The number of nitrogens with zero attached hydrogens (tertiary/aromatic N) is 1. The number of hydrogen-bond acceptors (Lipinski definition) is 5. The van der Waals surface area contributed by atoms with Gasteiger partial charge in [0, 0.05) is 5.02 Å². The molecule has 2 aliphatic rings. The maximum atomic E-state index is 13.1. The van der Waals surface area contributed by atoms with E-state index >= 15 is 0 Å². The van der Waals surface area contributed by atoms with E-state index in [1.165, 1.54) is 0 Å². The molecule has 2 aromatic carbocycles. The van der Waals surface area contributed by atoms with Crippen molar-refractivity contribution in [2.75, 3.05) is 19.8 Å². The Kier molecular flexibility index (Phi) is 6.21. The summed E-state index contributed by atoms with van der Waals surface area (Å²) in [5.41, 5.74) is 0.171. The lowest BCUT2D eigenvalue weighted by atomic mass is 9.92. The number of benzene rings is 2. The van der Waals surface area contributed by atoms with Crippen LogP contribution in [0.5, 0.6) is 11.5 Å². The molecule has 4 rings (SSSR count). The molecule has 2 N–H and O–H groups in total. The minimum absolute atomic E-state index is 0.0546. The van der Waals surface area contributed by atoms with Gasteiger partial charge in [0.15, 0.2) is 11.5 Å². The first-order valence-electron chi connectivity index (χ1n) is 10.8. The largest absolute Gasteiger partial charge is 0.486 e. The zero-order valence-electron chi connectivity index (χ0n) is 18.7. The van der Waals surface area contributed by atoms with E-state index in [0.717, 1.165) is 10.5 Å². The van der Waals surface area contributed by atoms with Crippen LogP contribution in [0.2, 0.25) is 5.02 Å². The number of urea groups is 1. The van der Waals surface area contributed by atoms with Crippen LogP contribution in [0, 0.1) is 5.92 Å². The van der Waals surface area contributed by atoms with Gasteiger partial charge in [-0.05, 0) is 48.2 Å². The molecule has 9 heteroatoms. The second-order valence-electron chi connectivity index (χ2n) is 8.65. The van der Waals surface area contributed by atoms with Crippen molar-refractivity contribution in [3.8, 4) is 11.5 Å². The Hall–Kier alpha value is -3.26. The third-order valence-corrected chi connectivity index (χ3v) is 6.16. The van der Waals surface area contributed by atoms with Crippen molar-refractivity contribution in [3.63, 3.8) is 0 Å². The van der Waals surface area contributed by atoms with E-state index in [0.29, 0.717) is 35.3 Å². The van der Waals surface area contributed by atoms with Crippen LogP contribution in [0.15, 0.2) is 42.5 Å². The van der Waals surface area contributed by atoms with E-state index in [4.69, 9.17) is 21.1 Å². The van der Waals surface area contributed by atoms with Crippen molar-refractivity contribution in [1.29, 1.82) is 0 Å². The van der Waals surface area contributed by atoms with Gasteiger partial charge in [0.1, 0.15) is 25.3 Å². The van der Waals surface area contributed by atoms with Crippen molar-refractivity contribution < 1.29 is 23.9 Å². The number of nitrogens with one attached hydrogen (secondary N) is 2. The smallest absolute Gasteiger partial charge is 0.325 e. The number of carbonyl (C=O) groups is 3. The monoisotopic (exact) mass is 471 g/mol. The fourth-order valence-electron chi connectivity index (χ4n) is 4.07. The first-order valence-corrected chi connectivity index (χ1v) is 11.2. The van der Waals surface area contributed by atoms with E-state index < -0.39 is 23.4 Å². The summed E-state index contributed by atoms with van der Waals surface area (Å²) in [6.07, 6.45) is 0. The highest BCUT2D eigenvalue weighted by atomic mass is 35.5. The predicted molar refractivity (Wildman–Crippen MR) is 122 cm³/mol. The van der Waals surface area contributed by atoms with Crippen molar-refractivity contribution in [3.05, 3.63) is 58.6 Å². The van der Waals surface area contributed by atoms with E-state index in [2.05, 4.69) is 10.6 Å². The van der Waals surface area contributed by atoms with E-state index in [1.54, 1.807) is 31.2 Å². The highest BCUT2D eigenvalue weighted by Gasteiger charge is 2.49. The molecular formula is C24H26ClN3O5. The van der Waals surface area contributed by atoms with Crippen LogP contribution in [0.1, 0.15) is 37.9 Å². The van der Waals surface area contributed by atoms with Gasteiger partial charge in [-0.2, -0.15) is 0 Å². The molecule has 0 spiro atoms. The molecule has 0 radical (unpaired) electrons. The molecule has 4 amide bonds. The summed E-state index contributed by atoms with van der Waals surface area (Å²) in [6.45, 7) is 6.15. The first kappa shape index (κ1) is 22.9. The number of rotatable bonds is 6.